The van der Waals surface area contributed by atoms with Crippen molar-refractivity contribution in [1.82, 2.24) is 10.6 Å². The van der Waals surface area contributed by atoms with E-state index in [9.17, 15) is 23.5 Å². The van der Waals surface area contributed by atoms with Gasteiger partial charge in [-0.05, 0) is 54.8 Å². The average Bonchev–Trinajstić information content (AvgIpc) is 2.75. The van der Waals surface area contributed by atoms with Crippen LogP contribution < -0.4 is 16.0 Å². The molecule has 3 atom stereocenters. The normalized spacial score (nSPS) is 20.7. The van der Waals surface area contributed by atoms with Gasteiger partial charge < -0.3 is 25.8 Å². The zero-order valence-electron chi connectivity index (χ0n) is 16.8. The topological polar surface area (TPSA) is 99.7 Å². The maximum Gasteiger partial charge on any atom is 0.319 e. The number of amides is 3. The molecule has 0 unspecified atom stereocenters. The number of benzene rings is 2. The Morgan fingerprint density at radius 2 is 1.84 bits per heavy atom. The van der Waals surface area contributed by atoms with Gasteiger partial charge >= 0.3 is 6.03 Å². The smallest absolute Gasteiger partial charge is 0.319 e. The van der Waals surface area contributed by atoms with Gasteiger partial charge in [0.05, 0.1) is 25.2 Å². The number of aliphatic hydroxyl groups is 1. The van der Waals surface area contributed by atoms with E-state index in [4.69, 9.17) is 4.74 Å². The van der Waals surface area contributed by atoms with Gasteiger partial charge in [-0.15, -0.1) is 0 Å². The monoisotopic (exact) mass is 433 g/mol. The molecule has 3 amide bonds. The fourth-order valence-corrected chi connectivity index (χ4v) is 3.44. The second-order valence-corrected chi connectivity index (χ2v) is 7.38. The first-order valence-corrected chi connectivity index (χ1v) is 10.0. The number of aliphatic hydroxyl groups excluding tert-OH is 1. The number of ether oxygens (including phenoxy) is 1. The molecule has 1 saturated heterocycles. The molecule has 1 fully saturated rings. The molecule has 1 aliphatic heterocycles. The second kappa shape index (κ2) is 10.8. The molecule has 9 heteroatoms. The number of hydrogen-bond acceptors (Lipinski definition) is 4. The number of hydrogen-bond donors (Lipinski definition) is 4. The highest BCUT2D eigenvalue weighted by atomic mass is 19.1. The van der Waals surface area contributed by atoms with Crippen molar-refractivity contribution in [1.29, 1.82) is 0 Å². The molecule has 0 saturated carbocycles. The highest BCUT2D eigenvalue weighted by Gasteiger charge is 2.32. The van der Waals surface area contributed by atoms with Gasteiger partial charge in [0.25, 0.3) is 0 Å². The lowest BCUT2D eigenvalue weighted by Crippen LogP contribution is -2.52. The van der Waals surface area contributed by atoms with Crippen LogP contribution in [0.3, 0.4) is 0 Å². The third-order valence-corrected chi connectivity index (χ3v) is 5.01. The van der Waals surface area contributed by atoms with Crippen molar-refractivity contribution in [2.75, 3.05) is 11.9 Å². The summed E-state index contributed by atoms with van der Waals surface area (Å²) in [7, 11) is 0. The molecule has 2 aromatic rings. The Bertz CT molecular complexity index is 895. The molecule has 1 aliphatic rings. The predicted octanol–water partition coefficient (Wildman–Crippen LogP) is 2.70. The van der Waals surface area contributed by atoms with E-state index < -0.39 is 30.1 Å². The summed E-state index contributed by atoms with van der Waals surface area (Å²) in [5.74, 6) is -1.01. The Morgan fingerprint density at radius 1 is 1.06 bits per heavy atom. The van der Waals surface area contributed by atoms with Gasteiger partial charge in [-0.2, -0.15) is 0 Å². The van der Waals surface area contributed by atoms with E-state index >= 15 is 0 Å². The Balaban J connectivity index is 1.44. The van der Waals surface area contributed by atoms with Crippen LogP contribution in [-0.4, -0.2) is 41.9 Å². The lowest BCUT2D eigenvalue weighted by molar-refractivity contribution is -0.130. The summed E-state index contributed by atoms with van der Waals surface area (Å²) in [4.78, 5) is 24.4. The SMILES string of the molecule is O=C(C[C@H]1CC[C@@H](NC(=O)Nc2ccc(F)cc2)[C@@H](CO)O1)NCc1cccc(F)c1. The minimum Gasteiger partial charge on any atom is -0.394 e. The molecule has 0 radical (unpaired) electrons. The fraction of sp³-hybridized carbons (Fsp3) is 0.364. The van der Waals surface area contributed by atoms with Crippen molar-refractivity contribution < 1.29 is 28.2 Å². The van der Waals surface area contributed by atoms with Gasteiger partial charge in [-0.25, -0.2) is 13.6 Å². The van der Waals surface area contributed by atoms with Crippen molar-refractivity contribution >= 4 is 17.6 Å². The molecular formula is C22H25F2N3O4. The van der Waals surface area contributed by atoms with Gasteiger partial charge in [-0.3, -0.25) is 4.79 Å². The van der Waals surface area contributed by atoms with Crippen molar-refractivity contribution in [2.24, 2.45) is 0 Å². The first-order valence-electron chi connectivity index (χ1n) is 10.0. The standard InChI is InChI=1S/C22H25F2N3O4/c23-15-4-6-17(7-5-15)26-22(30)27-19-9-8-18(31-20(19)13-28)11-21(29)25-12-14-2-1-3-16(24)10-14/h1-7,10,18-20,28H,8-9,11-13H2,(H,25,29)(H2,26,27,30)/t18-,19-,20-/m1/s1. The molecule has 0 aliphatic carbocycles. The summed E-state index contributed by atoms with van der Waals surface area (Å²) in [6, 6.07) is 10.4. The number of urea groups is 1. The third-order valence-electron chi connectivity index (χ3n) is 5.01. The van der Waals surface area contributed by atoms with Crippen molar-refractivity contribution in [2.45, 2.75) is 44.1 Å². The van der Waals surface area contributed by atoms with Crippen molar-refractivity contribution in [3.63, 3.8) is 0 Å². The van der Waals surface area contributed by atoms with Crippen LogP contribution >= 0.6 is 0 Å². The average molecular weight is 433 g/mol. The first-order chi connectivity index (χ1) is 14.9. The van der Waals surface area contributed by atoms with Gasteiger partial charge in [0.15, 0.2) is 0 Å². The molecule has 0 aromatic heterocycles. The molecule has 4 N–H and O–H groups in total. The molecule has 2 aromatic carbocycles. The quantitative estimate of drug-likeness (QED) is 0.540. The number of anilines is 1. The van der Waals surface area contributed by atoms with Gasteiger partial charge in [-0.1, -0.05) is 12.1 Å². The Morgan fingerprint density at radius 3 is 2.55 bits per heavy atom. The summed E-state index contributed by atoms with van der Waals surface area (Å²) in [6.45, 7) is -0.108. The zero-order valence-corrected chi connectivity index (χ0v) is 16.8. The second-order valence-electron chi connectivity index (χ2n) is 7.38. The summed E-state index contributed by atoms with van der Waals surface area (Å²) in [6.07, 6.45) is 0.0758. The first kappa shape index (κ1) is 22.6. The highest BCUT2D eigenvalue weighted by Crippen LogP contribution is 2.22. The fourth-order valence-electron chi connectivity index (χ4n) is 3.44. The predicted molar refractivity (Wildman–Crippen MR) is 110 cm³/mol. The Hall–Kier alpha value is -3.04. The van der Waals surface area contributed by atoms with E-state index in [0.717, 1.165) is 0 Å². The molecule has 7 nitrogen and oxygen atoms in total. The third kappa shape index (κ3) is 7.01. The van der Waals surface area contributed by atoms with E-state index in [2.05, 4.69) is 16.0 Å². The number of rotatable bonds is 7. The number of halogens is 2. The van der Waals surface area contributed by atoms with Gasteiger partial charge in [0.1, 0.15) is 17.7 Å². The minimum atomic E-state index is -0.659. The highest BCUT2D eigenvalue weighted by molar-refractivity contribution is 5.89. The largest absolute Gasteiger partial charge is 0.394 e. The molecule has 3 rings (SSSR count). The van der Waals surface area contributed by atoms with E-state index in [1.165, 1.54) is 36.4 Å². The Kier molecular flexibility index (Phi) is 7.91. The number of carbonyl (C=O) groups is 2. The molecule has 166 valence electrons. The maximum atomic E-state index is 13.2. The van der Waals surface area contributed by atoms with Crippen LogP contribution in [0.1, 0.15) is 24.8 Å². The van der Waals surface area contributed by atoms with Crippen LogP contribution in [-0.2, 0) is 16.1 Å². The van der Waals surface area contributed by atoms with Crippen LogP contribution in [0, 0.1) is 11.6 Å². The molecule has 31 heavy (non-hydrogen) atoms. The lowest BCUT2D eigenvalue weighted by atomic mass is 9.97. The van der Waals surface area contributed by atoms with Crippen LogP contribution in [0.15, 0.2) is 48.5 Å². The summed E-state index contributed by atoms with van der Waals surface area (Å²) < 4.78 is 32.0. The Labute approximate surface area is 178 Å². The van der Waals surface area contributed by atoms with E-state index in [-0.39, 0.29) is 31.3 Å². The number of carbonyl (C=O) groups excluding carboxylic acids is 2. The summed E-state index contributed by atoms with van der Waals surface area (Å²) in [5, 5.41) is 17.7. The summed E-state index contributed by atoms with van der Waals surface area (Å²) in [5.41, 5.74) is 1.09. The van der Waals surface area contributed by atoms with Crippen molar-refractivity contribution in [3.05, 3.63) is 65.7 Å². The van der Waals surface area contributed by atoms with Crippen molar-refractivity contribution in [3.8, 4) is 0 Å². The van der Waals surface area contributed by atoms with E-state index in [1.807, 2.05) is 0 Å². The molecule has 0 spiro atoms. The van der Waals surface area contributed by atoms with E-state index in [1.54, 1.807) is 12.1 Å². The van der Waals surface area contributed by atoms with E-state index in [0.29, 0.717) is 24.1 Å². The zero-order chi connectivity index (χ0) is 22.2. The van der Waals surface area contributed by atoms with Gasteiger partial charge in [0, 0.05) is 12.2 Å². The van der Waals surface area contributed by atoms with Crippen LogP contribution in [0.4, 0.5) is 19.3 Å². The van der Waals surface area contributed by atoms with Crippen LogP contribution in [0.25, 0.3) is 0 Å². The van der Waals surface area contributed by atoms with Crippen LogP contribution in [0.5, 0.6) is 0 Å². The summed E-state index contributed by atoms with van der Waals surface area (Å²) >= 11 is 0. The molecule has 1 heterocycles. The minimum absolute atomic E-state index is 0.0975. The molecule has 0 bridgehead atoms. The maximum absolute atomic E-state index is 13.2. The van der Waals surface area contributed by atoms with Crippen LogP contribution in [0.2, 0.25) is 0 Å². The molecular weight excluding hydrogens is 408 g/mol. The number of nitrogens with one attached hydrogen (secondary N) is 3. The lowest BCUT2D eigenvalue weighted by Gasteiger charge is -2.35. The van der Waals surface area contributed by atoms with Gasteiger partial charge in [0.2, 0.25) is 5.91 Å².